The molecule has 1 rings (SSSR count). The highest BCUT2D eigenvalue weighted by atomic mass is 16.2. The minimum atomic E-state index is -0.0434. The summed E-state index contributed by atoms with van der Waals surface area (Å²) in [6.07, 6.45) is 0. The van der Waals surface area contributed by atoms with Gasteiger partial charge < -0.3 is 19.6 Å². The van der Waals surface area contributed by atoms with E-state index in [1.807, 2.05) is 0 Å². The molecule has 0 aromatic carbocycles. The number of rotatable bonds is 2. The van der Waals surface area contributed by atoms with E-state index in [0.717, 1.165) is 0 Å². The summed E-state index contributed by atoms with van der Waals surface area (Å²) in [7, 11) is 3.31. The van der Waals surface area contributed by atoms with E-state index in [2.05, 4.69) is 0 Å². The summed E-state index contributed by atoms with van der Waals surface area (Å²) in [5.41, 5.74) is 0. The van der Waals surface area contributed by atoms with Gasteiger partial charge in [0.05, 0.1) is 20.0 Å². The van der Waals surface area contributed by atoms with Crippen molar-refractivity contribution < 1.29 is 19.2 Å². The van der Waals surface area contributed by atoms with Crippen LogP contribution >= 0.6 is 0 Å². The van der Waals surface area contributed by atoms with Crippen LogP contribution in [0.1, 0.15) is 27.7 Å². The number of hydrogen-bond donors (Lipinski definition) is 0. The molecule has 4 amide bonds. The lowest BCUT2D eigenvalue weighted by Crippen LogP contribution is -2.58. The van der Waals surface area contributed by atoms with Crippen molar-refractivity contribution in [3.05, 3.63) is 0 Å². The third kappa shape index (κ3) is 6.73. The Morgan fingerprint density at radius 3 is 1.24 bits per heavy atom. The molecule has 0 N–H and O–H groups in total. The Hall–Kier alpha value is -2.12. The van der Waals surface area contributed by atoms with Gasteiger partial charge in [-0.15, -0.1) is 0 Å². The SMILES string of the molecule is CC(=O)N(C)CN(C)C(C)=O.CC(=O)N1CN(C(C)=O)C1. The third-order valence-electron chi connectivity index (χ3n) is 3.07. The van der Waals surface area contributed by atoms with Gasteiger partial charge >= 0.3 is 0 Å². The zero-order valence-corrected chi connectivity index (χ0v) is 13.5. The molecule has 8 heteroatoms. The quantitative estimate of drug-likeness (QED) is 0.645. The van der Waals surface area contributed by atoms with E-state index in [-0.39, 0.29) is 23.6 Å². The molecule has 1 fully saturated rings. The molecule has 1 aliphatic heterocycles. The number of carbonyl (C=O) groups is 4. The van der Waals surface area contributed by atoms with E-state index < -0.39 is 0 Å². The number of carbonyl (C=O) groups excluding carboxylic acids is 4. The van der Waals surface area contributed by atoms with Crippen LogP contribution in [0.5, 0.6) is 0 Å². The lowest BCUT2D eigenvalue weighted by Gasteiger charge is -2.41. The van der Waals surface area contributed by atoms with Crippen molar-refractivity contribution in [1.29, 1.82) is 0 Å². The normalized spacial score (nSPS) is 12.7. The summed E-state index contributed by atoms with van der Waals surface area (Å²) < 4.78 is 0. The molecular weight excluding hydrogens is 276 g/mol. The van der Waals surface area contributed by atoms with Crippen molar-refractivity contribution in [1.82, 2.24) is 19.6 Å². The summed E-state index contributed by atoms with van der Waals surface area (Å²) in [4.78, 5) is 48.7. The van der Waals surface area contributed by atoms with E-state index in [4.69, 9.17) is 0 Å². The standard InChI is InChI=1S/C7H14N2O2.C6H10N2O2/c1-6(10)8(3)5-9(4)7(2)11;1-5(9)7-3-8(4-7)6(2)10/h5H2,1-4H3;3-4H2,1-2H3. The van der Waals surface area contributed by atoms with Crippen LogP contribution in [0.25, 0.3) is 0 Å². The zero-order chi connectivity index (χ0) is 16.7. The van der Waals surface area contributed by atoms with Crippen molar-refractivity contribution >= 4 is 23.6 Å². The Balaban J connectivity index is 0.000000382. The van der Waals surface area contributed by atoms with Crippen LogP contribution in [0, 0.1) is 0 Å². The van der Waals surface area contributed by atoms with E-state index in [1.54, 1.807) is 23.9 Å². The van der Waals surface area contributed by atoms with Crippen LogP contribution < -0.4 is 0 Å². The Kier molecular flexibility index (Phi) is 7.40. The monoisotopic (exact) mass is 300 g/mol. The summed E-state index contributed by atoms with van der Waals surface area (Å²) in [6.45, 7) is 7.21. The smallest absolute Gasteiger partial charge is 0.222 e. The maximum Gasteiger partial charge on any atom is 0.222 e. The van der Waals surface area contributed by atoms with Gasteiger partial charge in [0.25, 0.3) is 0 Å². The Bertz CT molecular complexity index is 382. The number of hydrogen-bond acceptors (Lipinski definition) is 4. The fraction of sp³-hybridized carbons (Fsp3) is 0.692. The van der Waals surface area contributed by atoms with Gasteiger partial charge in [-0.1, -0.05) is 0 Å². The maximum absolute atomic E-state index is 10.7. The zero-order valence-electron chi connectivity index (χ0n) is 13.5. The Morgan fingerprint density at radius 1 is 0.762 bits per heavy atom. The lowest BCUT2D eigenvalue weighted by atomic mass is 10.4. The number of nitrogens with zero attached hydrogens (tertiary/aromatic N) is 4. The summed E-state index contributed by atoms with van der Waals surface area (Å²) >= 11 is 0. The second-order valence-corrected chi connectivity index (χ2v) is 4.98. The Labute approximate surface area is 125 Å². The molecule has 0 bridgehead atoms. The van der Waals surface area contributed by atoms with E-state index in [0.29, 0.717) is 20.0 Å². The van der Waals surface area contributed by atoms with E-state index >= 15 is 0 Å². The van der Waals surface area contributed by atoms with E-state index in [1.165, 1.54) is 37.5 Å². The van der Waals surface area contributed by atoms with Crippen LogP contribution in [0.2, 0.25) is 0 Å². The maximum atomic E-state index is 10.7. The molecule has 0 atom stereocenters. The van der Waals surface area contributed by atoms with Gasteiger partial charge in [-0.25, -0.2) is 0 Å². The molecule has 1 saturated heterocycles. The van der Waals surface area contributed by atoms with Crippen molar-refractivity contribution in [3.8, 4) is 0 Å². The fourth-order valence-corrected chi connectivity index (χ4v) is 1.29. The summed E-state index contributed by atoms with van der Waals surface area (Å²) in [5, 5.41) is 0. The highest BCUT2D eigenvalue weighted by Gasteiger charge is 2.27. The lowest BCUT2D eigenvalue weighted by molar-refractivity contribution is -0.156. The first-order valence-corrected chi connectivity index (χ1v) is 6.50. The molecule has 0 spiro atoms. The first kappa shape index (κ1) is 18.9. The van der Waals surface area contributed by atoms with Crippen molar-refractivity contribution in [2.24, 2.45) is 0 Å². The molecule has 0 radical (unpaired) electrons. The van der Waals surface area contributed by atoms with Crippen molar-refractivity contribution in [2.75, 3.05) is 34.1 Å². The highest BCUT2D eigenvalue weighted by molar-refractivity contribution is 5.79. The first-order valence-electron chi connectivity index (χ1n) is 6.50. The van der Waals surface area contributed by atoms with Gasteiger partial charge in [-0.3, -0.25) is 19.2 Å². The summed E-state index contributed by atoms with van der Waals surface area (Å²) in [6, 6.07) is 0. The van der Waals surface area contributed by atoms with Crippen LogP contribution in [0.15, 0.2) is 0 Å². The first-order chi connectivity index (χ1) is 9.56. The second-order valence-electron chi connectivity index (χ2n) is 4.98. The van der Waals surface area contributed by atoms with Crippen molar-refractivity contribution in [2.45, 2.75) is 27.7 Å². The molecule has 8 nitrogen and oxygen atoms in total. The van der Waals surface area contributed by atoms with Crippen LogP contribution in [-0.4, -0.2) is 77.3 Å². The minimum Gasteiger partial charge on any atom is -0.328 e. The predicted molar refractivity (Wildman–Crippen MR) is 76.5 cm³/mol. The van der Waals surface area contributed by atoms with Crippen molar-refractivity contribution in [3.63, 3.8) is 0 Å². The van der Waals surface area contributed by atoms with Gasteiger partial charge in [-0.05, 0) is 0 Å². The minimum absolute atomic E-state index is 0.0255. The molecule has 0 saturated carbocycles. The molecular formula is C13H24N4O4. The molecule has 0 aromatic rings. The van der Waals surface area contributed by atoms with Gasteiger partial charge in [0.2, 0.25) is 23.6 Å². The molecule has 1 heterocycles. The molecule has 120 valence electrons. The molecule has 21 heavy (non-hydrogen) atoms. The highest BCUT2D eigenvalue weighted by Crippen LogP contribution is 2.07. The van der Waals surface area contributed by atoms with Crippen LogP contribution in [0.3, 0.4) is 0 Å². The Morgan fingerprint density at radius 2 is 1.05 bits per heavy atom. The molecule has 1 aliphatic rings. The van der Waals surface area contributed by atoms with Crippen LogP contribution in [-0.2, 0) is 19.2 Å². The second kappa shape index (κ2) is 8.23. The van der Waals surface area contributed by atoms with Gasteiger partial charge in [0, 0.05) is 41.8 Å². The van der Waals surface area contributed by atoms with Gasteiger partial charge in [0.15, 0.2) is 0 Å². The van der Waals surface area contributed by atoms with E-state index in [9.17, 15) is 19.2 Å². The molecule has 0 unspecified atom stereocenters. The number of amides is 4. The van der Waals surface area contributed by atoms with Gasteiger partial charge in [-0.2, -0.15) is 0 Å². The molecule has 0 aliphatic carbocycles. The molecule has 0 aromatic heterocycles. The topological polar surface area (TPSA) is 81.2 Å². The fourth-order valence-electron chi connectivity index (χ4n) is 1.29. The predicted octanol–water partition coefficient (Wildman–Crippen LogP) is -0.487. The van der Waals surface area contributed by atoms with Gasteiger partial charge in [0.1, 0.15) is 0 Å². The average Bonchev–Trinajstić information content (AvgIpc) is 2.25. The average molecular weight is 300 g/mol. The third-order valence-corrected chi connectivity index (χ3v) is 3.07. The summed E-state index contributed by atoms with van der Waals surface area (Å²) in [5.74, 6) is -0.0359. The van der Waals surface area contributed by atoms with Crippen LogP contribution in [0.4, 0.5) is 0 Å². The largest absolute Gasteiger partial charge is 0.328 e.